The van der Waals surface area contributed by atoms with Crippen LogP contribution in [-0.4, -0.2) is 136 Å². The third-order valence-electron chi connectivity index (χ3n) is 6.55. The summed E-state index contributed by atoms with van der Waals surface area (Å²) in [5.41, 5.74) is -1.31. The van der Waals surface area contributed by atoms with Crippen molar-refractivity contribution in [1.82, 2.24) is 41.7 Å². The highest BCUT2D eigenvalue weighted by Gasteiger charge is 2.22. The van der Waals surface area contributed by atoms with E-state index in [9.17, 15) is 28.8 Å². The lowest BCUT2D eigenvalue weighted by Crippen LogP contribution is -2.49. The van der Waals surface area contributed by atoms with Gasteiger partial charge < -0.3 is 51.2 Å². The quantitative estimate of drug-likeness (QED) is 0.0882. The number of hydrogen-bond donors (Lipinski definition) is 6. The molecule has 6 N–H and O–H groups in total. The fourth-order valence-corrected chi connectivity index (χ4v) is 3.86. The van der Waals surface area contributed by atoms with Gasteiger partial charge in [0, 0.05) is 71.6 Å². The molecule has 1 atom stereocenters. The lowest BCUT2D eigenvalue weighted by atomic mass is 10.1. The molecule has 16 nitrogen and oxygen atoms in total. The van der Waals surface area contributed by atoms with E-state index in [1.807, 2.05) is 7.05 Å². The van der Waals surface area contributed by atoms with Gasteiger partial charge in [-0.25, -0.2) is 9.59 Å². The first-order valence-corrected chi connectivity index (χ1v) is 16.7. The van der Waals surface area contributed by atoms with Crippen LogP contribution in [0.3, 0.4) is 0 Å². The van der Waals surface area contributed by atoms with Crippen molar-refractivity contribution in [2.75, 3.05) is 73.0 Å². The van der Waals surface area contributed by atoms with E-state index in [1.165, 1.54) is 0 Å². The second-order valence-corrected chi connectivity index (χ2v) is 13.6. The van der Waals surface area contributed by atoms with Crippen LogP contribution in [0.15, 0.2) is 0 Å². The van der Waals surface area contributed by atoms with Crippen LogP contribution in [-0.2, 0) is 28.7 Å². The van der Waals surface area contributed by atoms with Crippen molar-refractivity contribution in [1.29, 1.82) is 0 Å². The van der Waals surface area contributed by atoms with E-state index in [4.69, 9.17) is 9.47 Å². The number of alkyl carbamates (subject to hydrolysis) is 2. The molecular formula is C32H62N8O8. The Bertz CT molecular complexity index is 1010. The molecule has 0 saturated carbocycles. The van der Waals surface area contributed by atoms with Gasteiger partial charge in [0.25, 0.3) is 0 Å². The maximum atomic E-state index is 12.9. The van der Waals surface area contributed by atoms with Gasteiger partial charge >= 0.3 is 12.2 Å². The number of ether oxygens (including phenoxy) is 2. The zero-order chi connectivity index (χ0) is 36.8. The van der Waals surface area contributed by atoms with Crippen LogP contribution in [0, 0.1) is 0 Å². The summed E-state index contributed by atoms with van der Waals surface area (Å²) in [6.07, 6.45) is -0.847. The predicted molar refractivity (Wildman–Crippen MR) is 183 cm³/mol. The minimum Gasteiger partial charge on any atom is -0.444 e. The molecule has 0 aromatic rings. The van der Waals surface area contributed by atoms with Crippen LogP contribution < -0.4 is 31.9 Å². The molecule has 0 heterocycles. The van der Waals surface area contributed by atoms with Gasteiger partial charge in [0.1, 0.15) is 17.2 Å². The topological polar surface area (TPSA) is 200 Å². The lowest BCUT2D eigenvalue weighted by Gasteiger charge is -2.21. The Morgan fingerprint density at radius 2 is 1.04 bits per heavy atom. The normalized spacial score (nSPS) is 12.1. The summed E-state index contributed by atoms with van der Waals surface area (Å²) in [6, 6.07) is -1.03. The molecular weight excluding hydrogens is 624 g/mol. The van der Waals surface area contributed by atoms with Crippen LogP contribution in [0.4, 0.5) is 9.59 Å². The van der Waals surface area contributed by atoms with Crippen LogP contribution >= 0.6 is 0 Å². The Labute approximate surface area is 286 Å². The molecule has 0 rings (SSSR count). The van der Waals surface area contributed by atoms with Gasteiger partial charge in [0.05, 0.1) is 0 Å². The molecule has 0 aromatic carbocycles. The summed E-state index contributed by atoms with van der Waals surface area (Å²) in [6.45, 7) is 17.0. The molecule has 0 spiro atoms. The SMILES string of the molecule is CCN(C)CCN(C)CCNC(=O)CCCC(=O)N[C@@H](CCC(=O)NCCNC(=O)OC(C)(C)C)C(=O)NCCNC(=O)OC(C)(C)C. The number of nitrogens with one attached hydrogen (secondary N) is 6. The second-order valence-electron chi connectivity index (χ2n) is 13.6. The first-order valence-electron chi connectivity index (χ1n) is 16.7. The number of rotatable bonds is 22. The van der Waals surface area contributed by atoms with Crippen LogP contribution in [0.1, 0.15) is 80.6 Å². The number of nitrogens with zero attached hydrogens (tertiary/aromatic N) is 2. The van der Waals surface area contributed by atoms with E-state index in [0.717, 1.165) is 19.6 Å². The molecule has 6 amide bonds. The molecule has 0 radical (unpaired) electrons. The number of carbonyl (C=O) groups is 6. The highest BCUT2D eigenvalue weighted by Crippen LogP contribution is 2.07. The van der Waals surface area contributed by atoms with E-state index in [0.29, 0.717) is 13.1 Å². The molecule has 0 aromatic heterocycles. The van der Waals surface area contributed by atoms with Crippen molar-refractivity contribution in [2.45, 2.75) is 97.8 Å². The Morgan fingerprint density at radius 3 is 1.58 bits per heavy atom. The fraction of sp³-hybridized carbons (Fsp3) is 0.812. The van der Waals surface area contributed by atoms with Crippen molar-refractivity contribution in [3.63, 3.8) is 0 Å². The van der Waals surface area contributed by atoms with Crippen molar-refractivity contribution in [3.05, 3.63) is 0 Å². The van der Waals surface area contributed by atoms with Gasteiger partial charge in [-0.3, -0.25) is 19.2 Å². The summed E-state index contributed by atoms with van der Waals surface area (Å²) in [5.74, 6) is -1.50. The summed E-state index contributed by atoms with van der Waals surface area (Å²) in [5, 5.41) is 15.9. The third kappa shape index (κ3) is 26.4. The largest absolute Gasteiger partial charge is 0.444 e. The van der Waals surface area contributed by atoms with Gasteiger partial charge in [0.15, 0.2) is 0 Å². The van der Waals surface area contributed by atoms with E-state index in [-0.39, 0.29) is 70.1 Å². The van der Waals surface area contributed by atoms with Crippen molar-refractivity contribution in [2.24, 2.45) is 0 Å². The maximum Gasteiger partial charge on any atom is 0.407 e. The first-order chi connectivity index (χ1) is 22.3. The average molecular weight is 687 g/mol. The summed E-state index contributed by atoms with van der Waals surface area (Å²) in [4.78, 5) is 78.3. The van der Waals surface area contributed by atoms with Gasteiger partial charge in [-0.05, 0) is 75.0 Å². The zero-order valence-corrected chi connectivity index (χ0v) is 30.6. The van der Waals surface area contributed by atoms with Gasteiger partial charge in [-0.1, -0.05) is 6.92 Å². The van der Waals surface area contributed by atoms with Gasteiger partial charge in [0.2, 0.25) is 23.6 Å². The predicted octanol–water partition coefficient (Wildman–Crippen LogP) is 0.703. The van der Waals surface area contributed by atoms with Crippen molar-refractivity contribution < 1.29 is 38.2 Å². The molecule has 0 saturated heterocycles. The molecule has 0 aliphatic heterocycles. The monoisotopic (exact) mass is 686 g/mol. The lowest BCUT2D eigenvalue weighted by molar-refractivity contribution is -0.130. The first kappa shape index (κ1) is 44.3. The summed E-state index contributed by atoms with van der Waals surface area (Å²) < 4.78 is 10.3. The minimum absolute atomic E-state index is 0.00441. The van der Waals surface area contributed by atoms with Crippen LogP contribution in [0.25, 0.3) is 0 Å². The summed E-state index contributed by atoms with van der Waals surface area (Å²) >= 11 is 0. The molecule has 278 valence electrons. The second kappa shape index (κ2) is 23.6. The van der Waals surface area contributed by atoms with Crippen LogP contribution in [0.2, 0.25) is 0 Å². The maximum absolute atomic E-state index is 12.9. The number of carbonyl (C=O) groups excluding carboxylic acids is 6. The fourth-order valence-electron chi connectivity index (χ4n) is 3.86. The molecule has 0 unspecified atom stereocenters. The van der Waals surface area contributed by atoms with E-state index < -0.39 is 41.2 Å². The smallest absolute Gasteiger partial charge is 0.407 e. The van der Waals surface area contributed by atoms with Crippen LogP contribution in [0.5, 0.6) is 0 Å². The zero-order valence-electron chi connectivity index (χ0n) is 30.6. The van der Waals surface area contributed by atoms with E-state index in [1.54, 1.807) is 41.5 Å². The minimum atomic E-state index is -1.03. The van der Waals surface area contributed by atoms with E-state index >= 15 is 0 Å². The van der Waals surface area contributed by atoms with Crippen molar-refractivity contribution >= 4 is 35.8 Å². The van der Waals surface area contributed by atoms with Gasteiger partial charge in [-0.15, -0.1) is 0 Å². The molecule has 16 heteroatoms. The highest BCUT2D eigenvalue weighted by molar-refractivity contribution is 5.88. The van der Waals surface area contributed by atoms with Crippen molar-refractivity contribution in [3.8, 4) is 0 Å². The number of likely N-dealkylation sites (N-methyl/N-ethyl adjacent to an activating group) is 2. The van der Waals surface area contributed by atoms with E-state index in [2.05, 4.69) is 55.7 Å². The Balaban J connectivity index is 4.79. The Morgan fingerprint density at radius 1 is 0.583 bits per heavy atom. The molecule has 0 aliphatic rings. The average Bonchev–Trinajstić information content (AvgIpc) is 2.96. The third-order valence-corrected chi connectivity index (χ3v) is 6.55. The number of hydrogen-bond acceptors (Lipinski definition) is 10. The molecule has 0 fully saturated rings. The Hall–Kier alpha value is -3.66. The molecule has 48 heavy (non-hydrogen) atoms. The van der Waals surface area contributed by atoms with Gasteiger partial charge in [-0.2, -0.15) is 0 Å². The molecule has 0 bridgehead atoms. The number of amides is 6. The Kier molecular flexibility index (Phi) is 21.8. The summed E-state index contributed by atoms with van der Waals surface area (Å²) in [7, 11) is 4.05. The standard InChI is InChI=1S/C32H62N8O8/c1-10-39(8)22-23-40(9)21-20-34-25(41)12-11-13-27(43)38-24(28(44)35-17-19-37-30(46)48-32(5,6)7)14-15-26(42)33-16-18-36-29(45)47-31(2,3)4/h24H,10-23H2,1-9H3,(H,33,42)(H,34,41)(H,35,44)(H,36,45)(H,37,46)(H,38,43)/t24-/m0/s1. The highest BCUT2D eigenvalue weighted by atomic mass is 16.6. The molecule has 0 aliphatic carbocycles.